The second kappa shape index (κ2) is 4.66. The Morgan fingerprint density at radius 3 is 2.87 bits per heavy atom. The van der Waals surface area contributed by atoms with Crippen LogP contribution < -0.4 is 0 Å². The van der Waals surface area contributed by atoms with Gasteiger partial charge >= 0.3 is 0 Å². The molecule has 1 heterocycles. The molecule has 1 rings (SSSR count). The van der Waals surface area contributed by atoms with E-state index in [0.717, 1.165) is 5.56 Å². The normalized spacial score (nSPS) is 11.7. The lowest BCUT2D eigenvalue weighted by atomic mass is 10.1. The molecule has 80 valence electrons. The van der Waals surface area contributed by atoms with Crippen molar-refractivity contribution in [3.8, 4) is 0 Å². The summed E-state index contributed by atoms with van der Waals surface area (Å²) < 4.78 is 1.90. The summed E-state index contributed by atoms with van der Waals surface area (Å²) in [5, 5.41) is 7.66. The second-order valence-electron chi connectivity index (χ2n) is 4.20. The van der Waals surface area contributed by atoms with E-state index in [2.05, 4.69) is 35.9 Å². The molecular formula is C10H15N5. The third-order valence-electron chi connectivity index (χ3n) is 1.85. The van der Waals surface area contributed by atoms with Gasteiger partial charge in [-0.25, -0.2) is 0 Å². The fourth-order valence-corrected chi connectivity index (χ4v) is 1.06. The zero-order valence-electron chi connectivity index (χ0n) is 9.25. The highest BCUT2D eigenvalue weighted by atomic mass is 15.3. The number of hydrogen-bond acceptors (Lipinski definition) is 2. The maximum Gasteiger partial charge on any atom is 0.0562 e. The second-order valence-corrected chi connectivity index (χ2v) is 4.20. The van der Waals surface area contributed by atoms with Gasteiger partial charge in [-0.3, -0.25) is 4.68 Å². The molecule has 0 amide bonds. The Morgan fingerprint density at radius 1 is 1.60 bits per heavy atom. The standard InChI is InChI=1S/C10H15N5/c1-10(2,3)15-8-9(7-13-15)5-4-6-12-14-11/h4-5,7-8H,6H2,1-3H3. The molecule has 0 radical (unpaired) electrons. The number of azide groups is 1. The van der Waals surface area contributed by atoms with Gasteiger partial charge < -0.3 is 0 Å². The first kappa shape index (κ1) is 11.3. The number of hydrogen-bond donors (Lipinski definition) is 0. The Labute approximate surface area is 89.0 Å². The van der Waals surface area contributed by atoms with E-state index in [9.17, 15) is 0 Å². The molecular weight excluding hydrogens is 190 g/mol. The van der Waals surface area contributed by atoms with Gasteiger partial charge in [-0.05, 0) is 26.3 Å². The van der Waals surface area contributed by atoms with E-state index in [1.165, 1.54) is 0 Å². The smallest absolute Gasteiger partial charge is 0.0562 e. The van der Waals surface area contributed by atoms with Crippen molar-refractivity contribution in [1.82, 2.24) is 9.78 Å². The van der Waals surface area contributed by atoms with Gasteiger partial charge in [0, 0.05) is 23.2 Å². The largest absolute Gasteiger partial charge is 0.267 e. The topological polar surface area (TPSA) is 66.6 Å². The predicted molar refractivity (Wildman–Crippen MR) is 60.3 cm³/mol. The number of aromatic nitrogens is 2. The first-order chi connectivity index (χ1) is 7.04. The molecule has 0 saturated heterocycles. The molecule has 5 heteroatoms. The first-order valence-electron chi connectivity index (χ1n) is 4.76. The van der Waals surface area contributed by atoms with E-state index >= 15 is 0 Å². The molecule has 0 unspecified atom stereocenters. The number of nitrogens with zero attached hydrogens (tertiary/aromatic N) is 5. The van der Waals surface area contributed by atoms with Gasteiger partial charge in [0.05, 0.1) is 11.7 Å². The molecule has 0 aromatic carbocycles. The van der Waals surface area contributed by atoms with Crippen LogP contribution in [0.1, 0.15) is 26.3 Å². The van der Waals surface area contributed by atoms with Crippen molar-refractivity contribution in [3.63, 3.8) is 0 Å². The highest BCUT2D eigenvalue weighted by Gasteiger charge is 2.12. The maximum atomic E-state index is 8.08. The molecule has 0 N–H and O–H groups in total. The number of rotatable bonds is 3. The van der Waals surface area contributed by atoms with Crippen molar-refractivity contribution >= 4 is 6.08 Å². The fourth-order valence-electron chi connectivity index (χ4n) is 1.06. The van der Waals surface area contributed by atoms with Crippen LogP contribution in [0.15, 0.2) is 23.6 Å². The van der Waals surface area contributed by atoms with Crippen LogP contribution in [0.4, 0.5) is 0 Å². The Balaban J connectivity index is 2.68. The quantitative estimate of drug-likeness (QED) is 0.425. The molecule has 0 fully saturated rings. The van der Waals surface area contributed by atoms with Gasteiger partial charge in [-0.15, -0.1) is 0 Å². The monoisotopic (exact) mass is 205 g/mol. The summed E-state index contributed by atoms with van der Waals surface area (Å²) in [4.78, 5) is 2.66. The molecule has 0 aliphatic carbocycles. The van der Waals surface area contributed by atoms with Gasteiger partial charge in [0.2, 0.25) is 0 Å². The summed E-state index contributed by atoms with van der Waals surface area (Å²) in [6.07, 6.45) is 7.46. The van der Waals surface area contributed by atoms with E-state index in [1.54, 1.807) is 6.20 Å². The molecule has 0 saturated carbocycles. The van der Waals surface area contributed by atoms with E-state index in [0.29, 0.717) is 6.54 Å². The van der Waals surface area contributed by atoms with Crippen molar-refractivity contribution < 1.29 is 0 Å². The van der Waals surface area contributed by atoms with Crippen LogP contribution in [-0.4, -0.2) is 16.3 Å². The zero-order chi connectivity index (χ0) is 11.3. The van der Waals surface area contributed by atoms with Crippen LogP contribution in [0.3, 0.4) is 0 Å². The minimum Gasteiger partial charge on any atom is -0.267 e. The van der Waals surface area contributed by atoms with Crippen LogP contribution in [0.5, 0.6) is 0 Å². The highest BCUT2D eigenvalue weighted by Crippen LogP contribution is 2.13. The van der Waals surface area contributed by atoms with Gasteiger partial charge in [0.1, 0.15) is 0 Å². The van der Waals surface area contributed by atoms with E-state index in [-0.39, 0.29) is 5.54 Å². The molecule has 0 bridgehead atoms. The average Bonchev–Trinajstić information content (AvgIpc) is 2.60. The Bertz CT molecular complexity index is 390. The fraction of sp³-hybridized carbons (Fsp3) is 0.500. The van der Waals surface area contributed by atoms with Crippen molar-refractivity contribution in [3.05, 3.63) is 34.5 Å². The minimum atomic E-state index is -0.00308. The SMILES string of the molecule is CC(C)(C)n1cc(C=CCN=[N+]=[N-])cn1. The lowest BCUT2D eigenvalue weighted by Crippen LogP contribution is -2.21. The molecule has 0 aliphatic rings. The Morgan fingerprint density at radius 2 is 2.33 bits per heavy atom. The Hall–Kier alpha value is -1.74. The summed E-state index contributed by atoms with van der Waals surface area (Å²) in [6.45, 7) is 6.64. The Kier molecular flexibility index (Phi) is 3.52. The molecule has 15 heavy (non-hydrogen) atoms. The van der Waals surface area contributed by atoms with Crippen LogP contribution in [0.2, 0.25) is 0 Å². The molecule has 1 aromatic heterocycles. The van der Waals surface area contributed by atoms with Gasteiger partial charge in [0.15, 0.2) is 0 Å². The van der Waals surface area contributed by atoms with E-state index < -0.39 is 0 Å². The molecule has 5 nitrogen and oxygen atoms in total. The third kappa shape index (κ3) is 3.48. The van der Waals surface area contributed by atoms with E-state index in [1.807, 2.05) is 23.0 Å². The van der Waals surface area contributed by atoms with Crippen LogP contribution >= 0.6 is 0 Å². The molecule has 0 spiro atoms. The van der Waals surface area contributed by atoms with E-state index in [4.69, 9.17) is 5.53 Å². The van der Waals surface area contributed by atoms with Gasteiger partial charge in [-0.2, -0.15) is 5.10 Å². The first-order valence-corrected chi connectivity index (χ1v) is 4.76. The molecule has 1 aromatic rings. The summed E-state index contributed by atoms with van der Waals surface area (Å²) in [5.74, 6) is 0. The van der Waals surface area contributed by atoms with Crippen molar-refractivity contribution in [2.24, 2.45) is 5.11 Å². The highest BCUT2D eigenvalue weighted by molar-refractivity contribution is 5.46. The van der Waals surface area contributed by atoms with Crippen LogP contribution in [0.25, 0.3) is 16.5 Å². The van der Waals surface area contributed by atoms with Crippen LogP contribution in [0, 0.1) is 0 Å². The van der Waals surface area contributed by atoms with Crippen molar-refractivity contribution in [1.29, 1.82) is 0 Å². The van der Waals surface area contributed by atoms with Crippen molar-refractivity contribution in [2.75, 3.05) is 6.54 Å². The molecule has 0 atom stereocenters. The third-order valence-corrected chi connectivity index (χ3v) is 1.85. The minimum absolute atomic E-state index is 0.00308. The van der Waals surface area contributed by atoms with Crippen molar-refractivity contribution in [2.45, 2.75) is 26.3 Å². The summed E-state index contributed by atoms with van der Waals surface area (Å²) in [7, 11) is 0. The molecule has 0 aliphatic heterocycles. The summed E-state index contributed by atoms with van der Waals surface area (Å²) in [6, 6.07) is 0. The average molecular weight is 205 g/mol. The summed E-state index contributed by atoms with van der Waals surface area (Å²) >= 11 is 0. The zero-order valence-corrected chi connectivity index (χ0v) is 9.25. The maximum absolute atomic E-state index is 8.08. The van der Waals surface area contributed by atoms with Gasteiger partial charge in [-0.1, -0.05) is 17.3 Å². The lowest BCUT2D eigenvalue weighted by Gasteiger charge is -2.18. The van der Waals surface area contributed by atoms with Gasteiger partial charge in [0.25, 0.3) is 0 Å². The summed E-state index contributed by atoms with van der Waals surface area (Å²) in [5.41, 5.74) is 9.09. The van der Waals surface area contributed by atoms with Crippen LogP contribution in [-0.2, 0) is 5.54 Å². The predicted octanol–water partition coefficient (Wildman–Crippen LogP) is 2.96. The lowest BCUT2D eigenvalue weighted by molar-refractivity contribution is 0.355.